The SMILES string of the molecule is CCn1c(CC2CCCCO2)nc2cc(C#N)ccc21. The van der Waals surface area contributed by atoms with E-state index >= 15 is 0 Å². The van der Waals surface area contributed by atoms with Crippen LogP contribution in [0.3, 0.4) is 0 Å². The number of imidazole rings is 1. The summed E-state index contributed by atoms with van der Waals surface area (Å²) < 4.78 is 8.05. The van der Waals surface area contributed by atoms with Crippen LogP contribution in [0.15, 0.2) is 18.2 Å². The van der Waals surface area contributed by atoms with Gasteiger partial charge in [0.2, 0.25) is 0 Å². The molecule has 4 heteroatoms. The van der Waals surface area contributed by atoms with Crippen LogP contribution in [0.1, 0.15) is 37.6 Å². The van der Waals surface area contributed by atoms with Crippen molar-refractivity contribution in [1.82, 2.24) is 9.55 Å². The number of hydrogen-bond acceptors (Lipinski definition) is 3. The summed E-state index contributed by atoms with van der Waals surface area (Å²) >= 11 is 0. The highest BCUT2D eigenvalue weighted by atomic mass is 16.5. The normalized spacial score (nSPS) is 19.1. The molecule has 0 bridgehead atoms. The van der Waals surface area contributed by atoms with Crippen molar-refractivity contribution in [2.75, 3.05) is 6.61 Å². The molecule has 20 heavy (non-hydrogen) atoms. The Labute approximate surface area is 119 Å². The molecule has 1 aliphatic heterocycles. The van der Waals surface area contributed by atoms with E-state index in [9.17, 15) is 0 Å². The lowest BCUT2D eigenvalue weighted by Gasteiger charge is -2.22. The second-order valence-corrected chi connectivity index (χ2v) is 5.28. The minimum absolute atomic E-state index is 0.293. The number of rotatable bonds is 3. The van der Waals surface area contributed by atoms with E-state index in [1.54, 1.807) is 0 Å². The van der Waals surface area contributed by atoms with E-state index in [-0.39, 0.29) is 0 Å². The van der Waals surface area contributed by atoms with Gasteiger partial charge in [-0.1, -0.05) is 0 Å². The van der Waals surface area contributed by atoms with Crippen molar-refractivity contribution < 1.29 is 4.74 Å². The summed E-state index contributed by atoms with van der Waals surface area (Å²) in [6.45, 7) is 3.89. The minimum atomic E-state index is 0.293. The van der Waals surface area contributed by atoms with Gasteiger partial charge in [0, 0.05) is 19.6 Å². The predicted octanol–water partition coefficient (Wildman–Crippen LogP) is 3.04. The van der Waals surface area contributed by atoms with E-state index in [0.717, 1.165) is 42.9 Å². The molecule has 104 valence electrons. The number of aryl methyl sites for hydroxylation is 1. The van der Waals surface area contributed by atoms with Crippen molar-refractivity contribution in [1.29, 1.82) is 5.26 Å². The van der Waals surface area contributed by atoms with E-state index in [0.29, 0.717) is 11.7 Å². The van der Waals surface area contributed by atoms with Crippen LogP contribution in [0, 0.1) is 11.3 Å². The molecule has 1 unspecified atom stereocenters. The van der Waals surface area contributed by atoms with Crippen molar-refractivity contribution in [2.24, 2.45) is 0 Å². The molecule has 1 atom stereocenters. The number of aromatic nitrogens is 2. The van der Waals surface area contributed by atoms with E-state index in [4.69, 9.17) is 15.0 Å². The van der Waals surface area contributed by atoms with Crippen LogP contribution in [0.5, 0.6) is 0 Å². The molecule has 4 nitrogen and oxygen atoms in total. The molecule has 3 rings (SSSR count). The number of hydrogen-bond donors (Lipinski definition) is 0. The number of nitriles is 1. The summed E-state index contributed by atoms with van der Waals surface area (Å²) in [7, 11) is 0. The minimum Gasteiger partial charge on any atom is -0.378 e. The molecule has 0 radical (unpaired) electrons. The van der Waals surface area contributed by atoms with Crippen LogP contribution in [-0.2, 0) is 17.7 Å². The molecule has 0 amide bonds. The van der Waals surface area contributed by atoms with Gasteiger partial charge in [0.25, 0.3) is 0 Å². The molecular formula is C16H19N3O. The lowest BCUT2D eigenvalue weighted by molar-refractivity contribution is 0.0152. The van der Waals surface area contributed by atoms with Crippen LogP contribution in [0.2, 0.25) is 0 Å². The average Bonchev–Trinajstić information content (AvgIpc) is 2.84. The molecule has 2 heterocycles. The second-order valence-electron chi connectivity index (χ2n) is 5.28. The van der Waals surface area contributed by atoms with Crippen molar-refractivity contribution >= 4 is 11.0 Å². The fraction of sp³-hybridized carbons (Fsp3) is 0.500. The largest absolute Gasteiger partial charge is 0.378 e. The monoisotopic (exact) mass is 269 g/mol. The fourth-order valence-electron chi connectivity index (χ4n) is 2.93. The van der Waals surface area contributed by atoms with Gasteiger partial charge in [-0.3, -0.25) is 0 Å². The molecule has 1 aromatic carbocycles. The molecule has 0 N–H and O–H groups in total. The Bertz CT molecular complexity index is 648. The Hall–Kier alpha value is -1.86. The lowest BCUT2D eigenvalue weighted by atomic mass is 10.1. The summed E-state index contributed by atoms with van der Waals surface area (Å²) in [5.74, 6) is 1.07. The first-order chi connectivity index (χ1) is 9.81. The number of nitrogens with zero attached hydrogens (tertiary/aromatic N) is 3. The quantitative estimate of drug-likeness (QED) is 0.860. The Balaban J connectivity index is 1.95. The molecule has 0 aliphatic carbocycles. The standard InChI is InChI=1S/C16H19N3O/c1-2-19-15-7-6-12(11-17)9-14(15)18-16(19)10-13-5-3-4-8-20-13/h6-7,9,13H,2-5,8,10H2,1H3. The van der Waals surface area contributed by atoms with Gasteiger partial charge in [0.05, 0.1) is 28.8 Å². The molecule has 1 fully saturated rings. The van der Waals surface area contributed by atoms with E-state index in [1.165, 1.54) is 12.8 Å². The lowest BCUT2D eigenvalue weighted by Crippen LogP contribution is -2.23. The average molecular weight is 269 g/mol. The first-order valence-electron chi connectivity index (χ1n) is 7.32. The number of fused-ring (bicyclic) bond motifs is 1. The van der Waals surface area contributed by atoms with Crippen LogP contribution in [0.4, 0.5) is 0 Å². The Kier molecular flexibility index (Phi) is 3.70. The van der Waals surface area contributed by atoms with Gasteiger partial charge < -0.3 is 9.30 Å². The molecule has 0 saturated carbocycles. The highest BCUT2D eigenvalue weighted by Crippen LogP contribution is 2.22. The first-order valence-corrected chi connectivity index (χ1v) is 7.32. The number of ether oxygens (including phenoxy) is 1. The van der Waals surface area contributed by atoms with E-state index in [2.05, 4.69) is 17.6 Å². The summed E-state index contributed by atoms with van der Waals surface area (Å²) in [6.07, 6.45) is 4.70. The van der Waals surface area contributed by atoms with Gasteiger partial charge in [-0.15, -0.1) is 0 Å². The molecule has 1 aliphatic rings. The van der Waals surface area contributed by atoms with Gasteiger partial charge >= 0.3 is 0 Å². The molecule has 1 saturated heterocycles. The zero-order chi connectivity index (χ0) is 13.9. The summed E-state index contributed by atoms with van der Waals surface area (Å²) in [4.78, 5) is 4.72. The Morgan fingerprint density at radius 2 is 2.35 bits per heavy atom. The van der Waals surface area contributed by atoms with Gasteiger partial charge in [-0.05, 0) is 44.4 Å². The van der Waals surface area contributed by atoms with Gasteiger partial charge in [-0.2, -0.15) is 5.26 Å². The van der Waals surface area contributed by atoms with Gasteiger partial charge in [-0.25, -0.2) is 4.98 Å². The fourth-order valence-corrected chi connectivity index (χ4v) is 2.93. The molecular weight excluding hydrogens is 250 g/mol. The van der Waals surface area contributed by atoms with Crippen LogP contribution in [0.25, 0.3) is 11.0 Å². The smallest absolute Gasteiger partial charge is 0.112 e. The maximum Gasteiger partial charge on any atom is 0.112 e. The second kappa shape index (κ2) is 5.64. The zero-order valence-corrected chi connectivity index (χ0v) is 11.8. The molecule has 1 aromatic heterocycles. The van der Waals surface area contributed by atoms with Gasteiger partial charge in [0.1, 0.15) is 5.82 Å². The van der Waals surface area contributed by atoms with Crippen molar-refractivity contribution in [3.63, 3.8) is 0 Å². The Morgan fingerprint density at radius 1 is 1.45 bits per heavy atom. The van der Waals surface area contributed by atoms with Crippen LogP contribution in [-0.4, -0.2) is 22.3 Å². The van der Waals surface area contributed by atoms with Crippen LogP contribution < -0.4 is 0 Å². The zero-order valence-electron chi connectivity index (χ0n) is 11.8. The Morgan fingerprint density at radius 3 is 3.05 bits per heavy atom. The summed E-state index contributed by atoms with van der Waals surface area (Å²) in [5, 5.41) is 8.99. The number of benzene rings is 1. The summed E-state index contributed by atoms with van der Waals surface area (Å²) in [5.41, 5.74) is 2.69. The highest BCUT2D eigenvalue weighted by molar-refractivity contribution is 5.77. The van der Waals surface area contributed by atoms with E-state index in [1.807, 2.05) is 18.2 Å². The molecule has 0 spiro atoms. The third-order valence-corrected chi connectivity index (χ3v) is 3.96. The van der Waals surface area contributed by atoms with Gasteiger partial charge in [0.15, 0.2) is 0 Å². The van der Waals surface area contributed by atoms with Crippen LogP contribution >= 0.6 is 0 Å². The maximum atomic E-state index is 8.99. The third kappa shape index (κ3) is 2.41. The third-order valence-electron chi connectivity index (χ3n) is 3.96. The predicted molar refractivity (Wildman–Crippen MR) is 77.4 cm³/mol. The molecule has 2 aromatic rings. The highest BCUT2D eigenvalue weighted by Gasteiger charge is 2.18. The summed E-state index contributed by atoms with van der Waals surface area (Å²) in [6, 6.07) is 7.89. The van der Waals surface area contributed by atoms with E-state index < -0.39 is 0 Å². The van der Waals surface area contributed by atoms with Crippen molar-refractivity contribution in [3.05, 3.63) is 29.6 Å². The van der Waals surface area contributed by atoms with Crippen molar-refractivity contribution in [2.45, 2.75) is 45.3 Å². The topological polar surface area (TPSA) is 50.8 Å². The maximum absolute atomic E-state index is 8.99. The first kappa shape index (κ1) is 13.1. The van der Waals surface area contributed by atoms with Crippen molar-refractivity contribution in [3.8, 4) is 6.07 Å².